The van der Waals surface area contributed by atoms with Crippen molar-refractivity contribution >= 4 is 38.6 Å². The molecule has 1 amide bonds. The standard InChI is InChI=1S/C30H32BrN3O2/c1-3-21(2)22-13-15-24(16-14-22)36-18-8-17-33-28-12-7-5-10-26(28)32-30(33)23-19-29(35)34(20-23)27-11-6-4-9-25(27)31/h4-7,9-16,21,23H,3,8,17-20H2,1-2H3. The first-order valence-corrected chi connectivity index (χ1v) is 13.6. The van der Waals surface area contributed by atoms with Crippen LogP contribution in [0.15, 0.2) is 77.3 Å². The van der Waals surface area contributed by atoms with Crippen LogP contribution in [0.4, 0.5) is 5.69 Å². The number of amides is 1. The van der Waals surface area contributed by atoms with E-state index in [9.17, 15) is 4.79 Å². The Bertz CT molecular complexity index is 1350. The predicted molar refractivity (Wildman–Crippen MR) is 149 cm³/mol. The molecule has 1 saturated heterocycles. The maximum atomic E-state index is 13.0. The number of carbonyl (C=O) groups is 1. The van der Waals surface area contributed by atoms with Crippen LogP contribution < -0.4 is 9.64 Å². The van der Waals surface area contributed by atoms with E-state index in [2.05, 4.69) is 64.7 Å². The molecule has 2 unspecified atom stereocenters. The first-order valence-electron chi connectivity index (χ1n) is 12.8. The highest BCUT2D eigenvalue weighted by Gasteiger charge is 2.35. The zero-order chi connectivity index (χ0) is 25.1. The van der Waals surface area contributed by atoms with Crippen molar-refractivity contribution in [3.63, 3.8) is 0 Å². The van der Waals surface area contributed by atoms with Crippen molar-refractivity contribution in [1.82, 2.24) is 9.55 Å². The van der Waals surface area contributed by atoms with Crippen LogP contribution in [-0.4, -0.2) is 28.6 Å². The molecule has 2 heterocycles. The summed E-state index contributed by atoms with van der Waals surface area (Å²) in [4.78, 5) is 19.8. The Morgan fingerprint density at radius 1 is 1.06 bits per heavy atom. The fourth-order valence-corrected chi connectivity index (χ4v) is 5.46. The number of benzene rings is 3. The van der Waals surface area contributed by atoms with E-state index in [0.717, 1.165) is 52.2 Å². The lowest BCUT2D eigenvalue weighted by atomic mass is 9.99. The summed E-state index contributed by atoms with van der Waals surface area (Å²) in [5, 5.41) is 0. The van der Waals surface area contributed by atoms with Crippen molar-refractivity contribution < 1.29 is 9.53 Å². The molecule has 6 heteroatoms. The van der Waals surface area contributed by atoms with Gasteiger partial charge in [0.2, 0.25) is 5.91 Å². The van der Waals surface area contributed by atoms with Crippen LogP contribution >= 0.6 is 15.9 Å². The molecule has 1 aromatic heterocycles. The number of fused-ring (bicyclic) bond motifs is 1. The minimum absolute atomic E-state index is 0.0472. The van der Waals surface area contributed by atoms with Crippen LogP contribution in [0.5, 0.6) is 5.75 Å². The van der Waals surface area contributed by atoms with E-state index >= 15 is 0 Å². The minimum atomic E-state index is 0.0472. The zero-order valence-electron chi connectivity index (χ0n) is 20.9. The summed E-state index contributed by atoms with van der Waals surface area (Å²) in [7, 11) is 0. The number of nitrogens with zero attached hydrogens (tertiary/aromatic N) is 3. The van der Waals surface area contributed by atoms with E-state index < -0.39 is 0 Å². The van der Waals surface area contributed by atoms with Gasteiger partial charge in [-0.3, -0.25) is 4.79 Å². The van der Waals surface area contributed by atoms with Crippen LogP contribution in [-0.2, 0) is 11.3 Å². The summed E-state index contributed by atoms with van der Waals surface area (Å²) < 4.78 is 9.27. The number of rotatable bonds is 9. The average molecular weight is 547 g/mol. The highest BCUT2D eigenvalue weighted by molar-refractivity contribution is 9.10. The van der Waals surface area contributed by atoms with Crippen molar-refractivity contribution in [3.8, 4) is 5.75 Å². The Balaban J connectivity index is 1.30. The molecular formula is C30H32BrN3O2. The van der Waals surface area contributed by atoms with E-state index in [4.69, 9.17) is 9.72 Å². The number of anilines is 1. The third-order valence-electron chi connectivity index (χ3n) is 7.17. The Morgan fingerprint density at radius 3 is 2.58 bits per heavy atom. The minimum Gasteiger partial charge on any atom is -0.494 e. The molecule has 0 saturated carbocycles. The van der Waals surface area contributed by atoms with Gasteiger partial charge < -0.3 is 14.2 Å². The SMILES string of the molecule is CCC(C)c1ccc(OCCCn2c(C3CC(=O)N(c4ccccc4Br)C3)nc3ccccc32)cc1. The lowest BCUT2D eigenvalue weighted by Gasteiger charge is -2.19. The Morgan fingerprint density at radius 2 is 1.81 bits per heavy atom. The normalized spacial score (nSPS) is 16.6. The second kappa shape index (κ2) is 10.9. The molecule has 186 valence electrons. The molecule has 1 aliphatic heterocycles. The Labute approximate surface area is 221 Å². The highest BCUT2D eigenvalue weighted by atomic mass is 79.9. The van der Waals surface area contributed by atoms with Gasteiger partial charge in [-0.15, -0.1) is 0 Å². The third-order valence-corrected chi connectivity index (χ3v) is 7.84. The summed E-state index contributed by atoms with van der Waals surface area (Å²) >= 11 is 3.60. The van der Waals surface area contributed by atoms with Crippen molar-refractivity contribution in [3.05, 3.63) is 88.7 Å². The van der Waals surface area contributed by atoms with Crippen LogP contribution in [0.3, 0.4) is 0 Å². The second-order valence-corrected chi connectivity index (χ2v) is 10.4. The molecule has 5 rings (SSSR count). The molecule has 0 radical (unpaired) electrons. The van der Waals surface area contributed by atoms with Crippen molar-refractivity contribution in [2.75, 3.05) is 18.1 Å². The molecule has 4 aromatic rings. The van der Waals surface area contributed by atoms with Gasteiger partial charge in [0.1, 0.15) is 11.6 Å². The van der Waals surface area contributed by atoms with Gasteiger partial charge in [0.15, 0.2) is 0 Å². The van der Waals surface area contributed by atoms with Crippen LogP contribution in [0.2, 0.25) is 0 Å². The summed E-state index contributed by atoms with van der Waals surface area (Å²) in [6, 6.07) is 24.6. The van der Waals surface area contributed by atoms with Gasteiger partial charge in [-0.05, 0) is 76.7 Å². The van der Waals surface area contributed by atoms with Crippen LogP contribution in [0.25, 0.3) is 11.0 Å². The molecule has 0 aliphatic carbocycles. The quantitative estimate of drug-likeness (QED) is 0.207. The van der Waals surface area contributed by atoms with Crippen molar-refractivity contribution in [1.29, 1.82) is 0 Å². The average Bonchev–Trinajstić information content (AvgIpc) is 3.47. The van der Waals surface area contributed by atoms with Crippen LogP contribution in [0, 0.1) is 0 Å². The molecule has 0 bridgehead atoms. The number of aromatic nitrogens is 2. The zero-order valence-corrected chi connectivity index (χ0v) is 22.4. The monoisotopic (exact) mass is 545 g/mol. The molecule has 1 aliphatic rings. The number of carbonyl (C=O) groups excluding carboxylic acids is 1. The number of imidazole rings is 1. The summed E-state index contributed by atoms with van der Waals surface area (Å²) in [5.41, 5.74) is 4.35. The molecule has 1 fully saturated rings. The number of hydrogen-bond donors (Lipinski definition) is 0. The van der Waals surface area contributed by atoms with Gasteiger partial charge in [-0.25, -0.2) is 4.98 Å². The topological polar surface area (TPSA) is 47.4 Å². The van der Waals surface area contributed by atoms with E-state index in [1.54, 1.807) is 0 Å². The first kappa shape index (κ1) is 24.6. The van der Waals surface area contributed by atoms with Crippen molar-refractivity contribution in [2.45, 2.75) is 51.5 Å². The van der Waals surface area contributed by atoms with Gasteiger partial charge in [0.05, 0.1) is 23.3 Å². The third kappa shape index (κ3) is 5.05. The highest BCUT2D eigenvalue weighted by Crippen LogP contribution is 2.36. The van der Waals surface area contributed by atoms with E-state index in [1.165, 1.54) is 5.56 Å². The first-order chi connectivity index (χ1) is 17.5. The van der Waals surface area contributed by atoms with Crippen molar-refractivity contribution in [2.24, 2.45) is 0 Å². The van der Waals surface area contributed by atoms with Gasteiger partial charge in [-0.1, -0.05) is 50.2 Å². The van der Waals surface area contributed by atoms with E-state index in [1.807, 2.05) is 47.4 Å². The number of para-hydroxylation sites is 3. The maximum Gasteiger partial charge on any atom is 0.227 e. The number of aryl methyl sites for hydroxylation is 1. The number of hydrogen-bond acceptors (Lipinski definition) is 3. The fraction of sp³-hybridized carbons (Fsp3) is 0.333. The van der Waals surface area contributed by atoms with Gasteiger partial charge in [0.25, 0.3) is 0 Å². The number of ether oxygens (including phenoxy) is 1. The van der Waals surface area contributed by atoms with Gasteiger partial charge in [0, 0.05) is 29.9 Å². The lowest BCUT2D eigenvalue weighted by molar-refractivity contribution is -0.117. The van der Waals surface area contributed by atoms with Gasteiger partial charge in [-0.2, -0.15) is 0 Å². The summed E-state index contributed by atoms with van der Waals surface area (Å²) in [6.07, 6.45) is 2.45. The molecule has 0 N–H and O–H groups in total. The second-order valence-electron chi connectivity index (χ2n) is 9.55. The number of halogens is 1. The predicted octanol–water partition coefficient (Wildman–Crippen LogP) is 7.30. The molecule has 5 nitrogen and oxygen atoms in total. The molecule has 36 heavy (non-hydrogen) atoms. The summed E-state index contributed by atoms with van der Waals surface area (Å²) in [6.45, 7) is 6.51. The molecule has 2 atom stereocenters. The largest absolute Gasteiger partial charge is 0.494 e. The Kier molecular flexibility index (Phi) is 7.42. The fourth-order valence-electron chi connectivity index (χ4n) is 4.97. The van der Waals surface area contributed by atoms with Gasteiger partial charge >= 0.3 is 0 Å². The summed E-state index contributed by atoms with van der Waals surface area (Å²) in [5.74, 6) is 2.63. The van der Waals surface area contributed by atoms with Crippen LogP contribution in [0.1, 0.15) is 56.3 Å². The lowest BCUT2D eigenvalue weighted by Crippen LogP contribution is -2.25. The molecular weight excluding hydrogens is 514 g/mol. The molecule has 0 spiro atoms. The smallest absolute Gasteiger partial charge is 0.227 e. The van der Waals surface area contributed by atoms with E-state index in [-0.39, 0.29) is 11.8 Å². The molecule has 3 aromatic carbocycles. The maximum absolute atomic E-state index is 13.0. The Hall–Kier alpha value is -3.12. The van der Waals surface area contributed by atoms with E-state index in [0.29, 0.717) is 25.5 Å².